The van der Waals surface area contributed by atoms with Gasteiger partial charge in [0.25, 0.3) is 0 Å². The molecule has 0 unspecified atom stereocenters. The van der Waals surface area contributed by atoms with Crippen LogP contribution < -0.4 is 10.1 Å². The number of aromatic nitrogens is 1. The van der Waals surface area contributed by atoms with Gasteiger partial charge in [-0.1, -0.05) is 11.6 Å². The van der Waals surface area contributed by atoms with Crippen LogP contribution in [0.5, 0.6) is 5.75 Å². The fraction of sp³-hybridized carbons (Fsp3) is 0.286. The van der Waals surface area contributed by atoms with Gasteiger partial charge in [-0.05, 0) is 32.0 Å². The monoisotopic (exact) mass is 326 g/mol. The molecule has 0 radical (unpaired) electrons. The highest BCUT2D eigenvalue weighted by atomic mass is 35.5. The zero-order valence-electron chi connectivity index (χ0n) is 11.9. The number of methoxy groups -OCH3 is 1. The van der Waals surface area contributed by atoms with Crippen LogP contribution in [0.15, 0.2) is 18.2 Å². The molecule has 0 bridgehead atoms. The molecule has 1 aromatic carbocycles. The van der Waals surface area contributed by atoms with Crippen molar-refractivity contribution in [3.05, 3.63) is 33.9 Å². The normalized spacial score (nSPS) is 10.3. The number of benzene rings is 1. The van der Waals surface area contributed by atoms with Crippen LogP contribution in [0.4, 0.5) is 10.7 Å². The molecule has 0 saturated carbocycles. The lowest BCUT2D eigenvalue weighted by atomic mass is 10.3. The van der Waals surface area contributed by atoms with E-state index in [9.17, 15) is 4.79 Å². The second kappa shape index (κ2) is 6.78. The molecule has 0 amide bonds. The topological polar surface area (TPSA) is 60.5 Å². The molecule has 1 N–H and O–H groups in total. The first-order valence-electron chi connectivity index (χ1n) is 6.30. The Morgan fingerprint density at radius 2 is 2.24 bits per heavy atom. The molecule has 0 fully saturated rings. The minimum Gasteiger partial charge on any atom is -0.495 e. The summed E-state index contributed by atoms with van der Waals surface area (Å²) in [6.07, 6.45) is 0. The third kappa shape index (κ3) is 3.65. The quantitative estimate of drug-likeness (QED) is 0.840. The number of aryl methyl sites for hydroxylation is 1. The van der Waals surface area contributed by atoms with E-state index in [4.69, 9.17) is 21.1 Å². The van der Waals surface area contributed by atoms with Crippen LogP contribution in [0, 0.1) is 6.92 Å². The molecule has 0 atom stereocenters. The Bertz CT molecular complexity index is 658. The number of esters is 1. The molecule has 5 nitrogen and oxygen atoms in total. The van der Waals surface area contributed by atoms with Gasteiger partial charge in [-0.3, -0.25) is 0 Å². The molecule has 0 aliphatic carbocycles. The average molecular weight is 327 g/mol. The van der Waals surface area contributed by atoms with E-state index in [-0.39, 0.29) is 5.69 Å². The maximum absolute atomic E-state index is 11.9. The summed E-state index contributed by atoms with van der Waals surface area (Å²) >= 11 is 7.47. The third-order valence-electron chi connectivity index (χ3n) is 2.61. The van der Waals surface area contributed by atoms with Crippen molar-refractivity contribution in [2.24, 2.45) is 0 Å². The van der Waals surface area contributed by atoms with Crippen LogP contribution in [0.25, 0.3) is 0 Å². The number of hydrogen-bond donors (Lipinski definition) is 1. The van der Waals surface area contributed by atoms with Crippen molar-refractivity contribution in [3.8, 4) is 5.75 Å². The fourth-order valence-corrected chi connectivity index (χ4v) is 2.81. The van der Waals surface area contributed by atoms with Crippen LogP contribution in [0.2, 0.25) is 5.02 Å². The molecule has 112 valence electrons. The van der Waals surface area contributed by atoms with Crippen molar-refractivity contribution in [3.63, 3.8) is 0 Å². The molecule has 0 aliphatic rings. The van der Waals surface area contributed by atoms with Gasteiger partial charge in [0.2, 0.25) is 0 Å². The smallest absolute Gasteiger partial charge is 0.360 e. The van der Waals surface area contributed by atoms with Gasteiger partial charge in [-0.15, -0.1) is 11.3 Å². The Kier molecular flexibility index (Phi) is 5.03. The lowest BCUT2D eigenvalue weighted by molar-refractivity contribution is 0.0521. The molecular weight excluding hydrogens is 312 g/mol. The summed E-state index contributed by atoms with van der Waals surface area (Å²) in [6, 6.07) is 5.29. The van der Waals surface area contributed by atoms with Gasteiger partial charge < -0.3 is 14.8 Å². The number of anilines is 2. The van der Waals surface area contributed by atoms with E-state index in [0.29, 0.717) is 22.4 Å². The highest BCUT2D eigenvalue weighted by Crippen LogP contribution is 2.32. The van der Waals surface area contributed by atoms with E-state index in [1.54, 1.807) is 26.2 Å². The van der Waals surface area contributed by atoms with Crippen LogP contribution in [-0.2, 0) is 4.74 Å². The molecule has 2 aromatic rings. The summed E-state index contributed by atoms with van der Waals surface area (Å²) in [7, 11) is 1.56. The van der Waals surface area contributed by atoms with E-state index < -0.39 is 5.97 Å². The van der Waals surface area contributed by atoms with Gasteiger partial charge in [0.15, 0.2) is 5.69 Å². The summed E-state index contributed by atoms with van der Waals surface area (Å²) < 4.78 is 10.1. The number of carbonyl (C=O) groups excluding carboxylic acids is 1. The zero-order chi connectivity index (χ0) is 15.4. The van der Waals surface area contributed by atoms with Gasteiger partial charge in [-0.25, -0.2) is 9.78 Å². The van der Waals surface area contributed by atoms with E-state index in [1.165, 1.54) is 11.3 Å². The highest BCUT2D eigenvalue weighted by Gasteiger charge is 2.18. The molecule has 0 aliphatic heterocycles. The van der Waals surface area contributed by atoms with E-state index in [1.807, 2.05) is 13.0 Å². The first-order chi connectivity index (χ1) is 10.0. The first-order valence-corrected chi connectivity index (χ1v) is 7.49. The third-order valence-corrected chi connectivity index (χ3v) is 3.79. The Balaban J connectivity index is 2.27. The predicted octanol–water partition coefficient (Wildman–Crippen LogP) is 4.03. The second-order valence-electron chi connectivity index (χ2n) is 4.11. The molecular formula is C14H15ClN2O3S. The number of ether oxygens (including phenoxy) is 2. The van der Waals surface area contributed by atoms with Crippen molar-refractivity contribution >= 4 is 39.6 Å². The first kappa shape index (κ1) is 15.6. The molecule has 0 spiro atoms. The fourth-order valence-electron chi connectivity index (χ4n) is 1.72. The molecule has 21 heavy (non-hydrogen) atoms. The summed E-state index contributed by atoms with van der Waals surface area (Å²) in [4.78, 5) is 16.1. The number of hydrogen-bond acceptors (Lipinski definition) is 6. The van der Waals surface area contributed by atoms with Crippen molar-refractivity contribution in [2.45, 2.75) is 13.8 Å². The summed E-state index contributed by atoms with van der Waals surface area (Å²) in [6.45, 7) is 3.90. The van der Waals surface area contributed by atoms with E-state index in [2.05, 4.69) is 10.3 Å². The summed E-state index contributed by atoms with van der Waals surface area (Å²) in [5, 5.41) is 5.04. The van der Waals surface area contributed by atoms with Gasteiger partial charge >= 0.3 is 5.97 Å². The Morgan fingerprint density at radius 1 is 1.48 bits per heavy atom. The zero-order valence-corrected chi connectivity index (χ0v) is 13.5. The molecule has 0 saturated heterocycles. The van der Waals surface area contributed by atoms with Crippen LogP contribution in [0.1, 0.15) is 22.4 Å². The van der Waals surface area contributed by atoms with Gasteiger partial charge in [0, 0.05) is 5.69 Å². The van der Waals surface area contributed by atoms with Crippen molar-refractivity contribution in [1.29, 1.82) is 0 Å². The number of halogens is 1. The maximum Gasteiger partial charge on any atom is 0.360 e. The van der Waals surface area contributed by atoms with Crippen LogP contribution >= 0.6 is 22.9 Å². The molecule has 1 heterocycles. The maximum atomic E-state index is 11.9. The van der Waals surface area contributed by atoms with Crippen LogP contribution in [-0.4, -0.2) is 24.7 Å². The van der Waals surface area contributed by atoms with Crippen molar-refractivity contribution in [1.82, 2.24) is 4.98 Å². The Labute approximate surface area is 131 Å². The minimum absolute atomic E-state index is 0.284. The molecule has 2 rings (SSSR count). The van der Waals surface area contributed by atoms with Gasteiger partial charge in [0.1, 0.15) is 10.8 Å². The highest BCUT2D eigenvalue weighted by molar-refractivity contribution is 7.16. The lowest BCUT2D eigenvalue weighted by Gasteiger charge is -2.08. The van der Waals surface area contributed by atoms with Crippen LogP contribution in [0.3, 0.4) is 0 Å². The number of nitrogens with one attached hydrogen (secondary N) is 1. The summed E-state index contributed by atoms with van der Waals surface area (Å²) in [5.74, 6) is 0.150. The second-order valence-corrected chi connectivity index (χ2v) is 5.72. The predicted molar refractivity (Wildman–Crippen MR) is 84.1 cm³/mol. The standard InChI is InChI=1S/C14H15ClN2O3S/c1-4-20-14(18)12-13(21-8(2)16-12)17-9-5-6-11(19-3)10(15)7-9/h5-7,17H,4H2,1-3H3. The number of carbonyl (C=O) groups is 1. The largest absolute Gasteiger partial charge is 0.495 e. The summed E-state index contributed by atoms with van der Waals surface area (Å²) in [5.41, 5.74) is 1.03. The Morgan fingerprint density at radius 3 is 2.86 bits per heavy atom. The lowest BCUT2D eigenvalue weighted by Crippen LogP contribution is -2.07. The number of thiazole rings is 1. The average Bonchev–Trinajstić information content (AvgIpc) is 2.80. The van der Waals surface area contributed by atoms with Crippen molar-refractivity contribution < 1.29 is 14.3 Å². The van der Waals surface area contributed by atoms with E-state index in [0.717, 1.165) is 10.7 Å². The van der Waals surface area contributed by atoms with Crippen molar-refractivity contribution in [2.75, 3.05) is 19.0 Å². The number of rotatable bonds is 5. The molecule has 7 heteroatoms. The SMILES string of the molecule is CCOC(=O)c1nc(C)sc1Nc1ccc(OC)c(Cl)c1. The van der Waals surface area contributed by atoms with Gasteiger partial charge in [0.05, 0.1) is 23.7 Å². The number of nitrogens with zero attached hydrogens (tertiary/aromatic N) is 1. The van der Waals surface area contributed by atoms with Gasteiger partial charge in [-0.2, -0.15) is 0 Å². The minimum atomic E-state index is -0.441. The van der Waals surface area contributed by atoms with E-state index >= 15 is 0 Å². The molecule has 1 aromatic heterocycles. The Hall–Kier alpha value is -1.79.